The van der Waals surface area contributed by atoms with E-state index in [4.69, 9.17) is 4.74 Å². The summed E-state index contributed by atoms with van der Waals surface area (Å²) in [5.74, 6) is -0.129. The van der Waals surface area contributed by atoms with E-state index < -0.39 is 0 Å². The van der Waals surface area contributed by atoms with Gasteiger partial charge in [-0.2, -0.15) is 0 Å². The second kappa shape index (κ2) is 7.35. The fraction of sp³-hybridized carbons (Fsp3) is 0.364. The quantitative estimate of drug-likeness (QED) is 0.619. The lowest BCUT2D eigenvalue weighted by Gasteiger charge is -2.06. The number of aromatic nitrogens is 1. The summed E-state index contributed by atoms with van der Waals surface area (Å²) in [7, 11) is 0. The molecule has 0 fully saturated rings. The molecule has 0 radical (unpaired) electrons. The van der Waals surface area contributed by atoms with Crippen molar-refractivity contribution in [2.24, 2.45) is 0 Å². The van der Waals surface area contributed by atoms with Crippen LogP contribution < -0.4 is 5.32 Å². The minimum atomic E-state index is -0.375. The Balaban J connectivity index is 2.24. The lowest BCUT2D eigenvalue weighted by Crippen LogP contribution is -2.11. The molecule has 5 heteroatoms. The van der Waals surface area contributed by atoms with E-state index in [9.17, 15) is 4.39 Å². The standard InChI is InChI=1S/C11H14BrFN2O/c1-2-3-5-16-6-4-14-11-10(13)7-9(12)8-15-11/h2,7-8H,1,3-6H2,(H,14,15). The van der Waals surface area contributed by atoms with Gasteiger partial charge in [0.25, 0.3) is 0 Å². The first-order valence-corrected chi connectivity index (χ1v) is 5.77. The minimum Gasteiger partial charge on any atom is -0.379 e. The third kappa shape index (κ3) is 4.72. The fourth-order valence-corrected chi connectivity index (χ4v) is 1.36. The Morgan fingerprint density at radius 2 is 2.38 bits per heavy atom. The molecule has 3 nitrogen and oxygen atoms in total. The van der Waals surface area contributed by atoms with Gasteiger partial charge in [-0.1, -0.05) is 6.08 Å². The summed E-state index contributed by atoms with van der Waals surface area (Å²) in [6.45, 7) is 5.28. The Labute approximate surface area is 103 Å². The van der Waals surface area contributed by atoms with E-state index in [1.807, 2.05) is 0 Å². The van der Waals surface area contributed by atoms with E-state index in [1.54, 1.807) is 12.3 Å². The van der Waals surface area contributed by atoms with Gasteiger partial charge < -0.3 is 10.1 Å². The van der Waals surface area contributed by atoms with Crippen LogP contribution in [0.2, 0.25) is 0 Å². The van der Waals surface area contributed by atoms with Gasteiger partial charge >= 0.3 is 0 Å². The molecule has 1 heterocycles. The molecule has 0 aliphatic rings. The van der Waals surface area contributed by atoms with E-state index in [1.165, 1.54) is 6.07 Å². The second-order valence-corrected chi connectivity index (χ2v) is 4.02. The van der Waals surface area contributed by atoms with Crippen LogP contribution >= 0.6 is 15.9 Å². The van der Waals surface area contributed by atoms with Crippen LogP contribution in [0.15, 0.2) is 29.4 Å². The van der Waals surface area contributed by atoms with Crippen LogP contribution in [-0.4, -0.2) is 24.7 Å². The molecular weight excluding hydrogens is 275 g/mol. The second-order valence-electron chi connectivity index (χ2n) is 3.10. The van der Waals surface area contributed by atoms with Crippen molar-refractivity contribution in [3.8, 4) is 0 Å². The molecule has 1 aromatic rings. The average Bonchev–Trinajstić information content (AvgIpc) is 2.26. The molecule has 0 spiro atoms. The maximum Gasteiger partial charge on any atom is 0.166 e. The van der Waals surface area contributed by atoms with Gasteiger partial charge in [-0.3, -0.25) is 0 Å². The molecule has 1 N–H and O–H groups in total. The van der Waals surface area contributed by atoms with Gasteiger partial charge in [0.05, 0.1) is 13.2 Å². The predicted molar refractivity (Wildman–Crippen MR) is 66.0 cm³/mol. The SMILES string of the molecule is C=CCCOCCNc1ncc(Br)cc1F. The summed E-state index contributed by atoms with van der Waals surface area (Å²) in [5, 5.41) is 2.86. The van der Waals surface area contributed by atoms with Crippen LogP contribution in [0.1, 0.15) is 6.42 Å². The molecule has 0 bridgehead atoms. The highest BCUT2D eigenvalue weighted by molar-refractivity contribution is 9.10. The number of ether oxygens (including phenoxy) is 1. The Kier molecular flexibility index (Phi) is 6.03. The van der Waals surface area contributed by atoms with Gasteiger partial charge in [0, 0.05) is 17.2 Å². The van der Waals surface area contributed by atoms with Crippen molar-refractivity contribution in [2.45, 2.75) is 6.42 Å². The van der Waals surface area contributed by atoms with Crippen LogP contribution in [0.25, 0.3) is 0 Å². The Morgan fingerprint density at radius 1 is 1.56 bits per heavy atom. The molecule has 0 aromatic carbocycles. The topological polar surface area (TPSA) is 34.1 Å². The van der Waals surface area contributed by atoms with E-state index >= 15 is 0 Å². The number of pyridine rings is 1. The number of nitrogens with zero attached hydrogens (tertiary/aromatic N) is 1. The molecule has 0 amide bonds. The molecule has 0 aliphatic carbocycles. The summed E-state index contributed by atoms with van der Waals surface area (Å²) in [4.78, 5) is 3.91. The molecule has 0 saturated carbocycles. The van der Waals surface area contributed by atoms with Crippen LogP contribution in [0.5, 0.6) is 0 Å². The normalized spacial score (nSPS) is 10.1. The van der Waals surface area contributed by atoms with Crippen molar-refractivity contribution in [3.63, 3.8) is 0 Å². The first-order valence-electron chi connectivity index (χ1n) is 4.97. The smallest absolute Gasteiger partial charge is 0.166 e. The highest BCUT2D eigenvalue weighted by Crippen LogP contribution is 2.15. The van der Waals surface area contributed by atoms with Gasteiger partial charge in [0.1, 0.15) is 0 Å². The summed E-state index contributed by atoms with van der Waals surface area (Å²) >= 11 is 3.14. The molecule has 16 heavy (non-hydrogen) atoms. The van der Waals surface area contributed by atoms with Crippen LogP contribution in [0.4, 0.5) is 10.2 Å². The molecule has 0 atom stereocenters. The number of anilines is 1. The van der Waals surface area contributed by atoms with Crippen molar-refractivity contribution in [3.05, 3.63) is 35.2 Å². The van der Waals surface area contributed by atoms with Gasteiger partial charge in [0.15, 0.2) is 11.6 Å². The summed E-state index contributed by atoms with van der Waals surface area (Å²) in [6.07, 6.45) is 4.16. The van der Waals surface area contributed by atoms with Crippen molar-refractivity contribution in [1.82, 2.24) is 4.98 Å². The van der Waals surface area contributed by atoms with Crippen LogP contribution in [-0.2, 0) is 4.74 Å². The molecule has 0 unspecified atom stereocenters. The molecule has 1 aromatic heterocycles. The number of rotatable bonds is 7. The van der Waals surface area contributed by atoms with Crippen LogP contribution in [0, 0.1) is 5.82 Å². The van der Waals surface area contributed by atoms with Gasteiger partial charge in [-0.15, -0.1) is 6.58 Å². The molecule has 0 aliphatic heterocycles. The van der Waals surface area contributed by atoms with Crippen molar-refractivity contribution < 1.29 is 9.13 Å². The van der Waals surface area contributed by atoms with E-state index in [0.717, 1.165) is 6.42 Å². The molecule has 0 saturated heterocycles. The Morgan fingerprint density at radius 3 is 3.06 bits per heavy atom. The monoisotopic (exact) mass is 288 g/mol. The highest BCUT2D eigenvalue weighted by Gasteiger charge is 2.02. The maximum absolute atomic E-state index is 13.3. The Bertz CT molecular complexity index is 347. The number of hydrogen-bond donors (Lipinski definition) is 1. The lowest BCUT2D eigenvalue weighted by atomic mass is 10.4. The fourth-order valence-electron chi connectivity index (χ4n) is 1.05. The average molecular weight is 289 g/mol. The highest BCUT2D eigenvalue weighted by atomic mass is 79.9. The Hall–Kier alpha value is -0.940. The van der Waals surface area contributed by atoms with Crippen molar-refractivity contribution >= 4 is 21.7 Å². The van der Waals surface area contributed by atoms with E-state index in [0.29, 0.717) is 24.2 Å². The van der Waals surface area contributed by atoms with Crippen molar-refractivity contribution in [1.29, 1.82) is 0 Å². The molecule has 1 rings (SSSR count). The summed E-state index contributed by atoms with van der Waals surface area (Å²) < 4.78 is 19.2. The van der Waals surface area contributed by atoms with Crippen LogP contribution in [0.3, 0.4) is 0 Å². The predicted octanol–water partition coefficient (Wildman–Crippen LogP) is 2.99. The van der Waals surface area contributed by atoms with Gasteiger partial charge in [-0.25, -0.2) is 9.37 Å². The summed E-state index contributed by atoms with van der Waals surface area (Å²) in [6, 6.07) is 1.37. The summed E-state index contributed by atoms with van der Waals surface area (Å²) in [5.41, 5.74) is 0. The number of hydrogen-bond acceptors (Lipinski definition) is 3. The first-order chi connectivity index (χ1) is 7.74. The lowest BCUT2D eigenvalue weighted by molar-refractivity contribution is 0.149. The zero-order chi connectivity index (χ0) is 11.8. The third-order valence-electron chi connectivity index (χ3n) is 1.81. The van der Waals surface area contributed by atoms with Crippen molar-refractivity contribution in [2.75, 3.05) is 25.1 Å². The zero-order valence-corrected chi connectivity index (χ0v) is 10.5. The number of nitrogens with one attached hydrogen (secondary N) is 1. The molecular formula is C11H14BrFN2O. The first kappa shape index (κ1) is 13.1. The zero-order valence-electron chi connectivity index (χ0n) is 8.88. The maximum atomic E-state index is 13.3. The van der Waals surface area contributed by atoms with Gasteiger partial charge in [-0.05, 0) is 28.4 Å². The minimum absolute atomic E-state index is 0.246. The van der Waals surface area contributed by atoms with Gasteiger partial charge in [0.2, 0.25) is 0 Å². The third-order valence-corrected chi connectivity index (χ3v) is 2.25. The van der Waals surface area contributed by atoms with E-state index in [-0.39, 0.29) is 11.6 Å². The van der Waals surface area contributed by atoms with E-state index in [2.05, 4.69) is 32.8 Å². The largest absolute Gasteiger partial charge is 0.379 e. The molecule has 88 valence electrons. The number of halogens is 2.